The molecule has 1 aliphatic rings. The molecule has 1 aromatic rings. The Hall–Kier alpha value is -1.92. The van der Waals surface area contributed by atoms with Crippen LogP contribution < -0.4 is 4.72 Å². The summed E-state index contributed by atoms with van der Waals surface area (Å²) in [6, 6.07) is 2.21. The van der Waals surface area contributed by atoms with Crippen LogP contribution in [0.25, 0.3) is 0 Å². The molecular weight excluding hydrogens is 320 g/mol. The van der Waals surface area contributed by atoms with Crippen LogP contribution in [0.5, 0.6) is 0 Å². The van der Waals surface area contributed by atoms with Crippen molar-refractivity contribution in [3.8, 4) is 6.07 Å². The predicted octanol–water partition coefficient (Wildman–Crippen LogP) is 0.722. The zero-order valence-electron chi connectivity index (χ0n) is 13.2. The molecule has 0 aliphatic carbocycles. The van der Waals surface area contributed by atoms with E-state index in [9.17, 15) is 13.2 Å². The molecule has 0 atom stereocenters. The summed E-state index contributed by atoms with van der Waals surface area (Å²) in [7, 11) is -3.74. The summed E-state index contributed by atoms with van der Waals surface area (Å²) >= 11 is 0. The van der Waals surface area contributed by atoms with Crippen molar-refractivity contribution in [2.75, 3.05) is 19.6 Å². The van der Waals surface area contributed by atoms with Crippen molar-refractivity contribution in [1.82, 2.24) is 14.8 Å². The number of aryl methyl sites for hydroxylation is 2. The first-order chi connectivity index (χ1) is 10.8. The van der Waals surface area contributed by atoms with Crippen LogP contribution in [0, 0.1) is 31.1 Å². The number of likely N-dealkylation sites (tertiary alicyclic amines) is 1. The van der Waals surface area contributed by atoms with Crippen molar-refractivity contribution in [2.24, 2.45) is 5.92 Å². The fourth-order valence-corrected chi connectivity index (χ4v) is 4.00. The van der Waals surface area contributed by atoms with E-state index >= 15 is 0 Å². The van der Waals surface area contributed by atoms with Crippen molar-refractivity contribution in [3.05, 3.63) is 11.5 Å². The van der Waals surface area contributed by atoms with Gasteiger partial charge < -0.3 is 9.42 Å². The van der Waals surface area contributed by atoms with Crippen LogP contribution in [0.15, 0.2) is 9.42 Å². The molecule has 1 N–H and O–H groups in total. The van der Waals surface area contributed by atoms with Gasteiger partial charge >= 0.3 is 0 Å². The number of hydrogen-bond donors (Lipinski definition) is 1. The predicted molar refractivity (Wildman–Crippen MR) is 80.7 cm³/mol. The van der Waals surface area contributed by atoms with E-state index in [-0.39, 0.29) is 35.4 Å². The lowest BCUT2D eigenvalue weighted by Crippen LogP contribution is -2.39. The fourth-order valence-electron chi connectivity index (χ4n) is 2.64. The molecule has 1 aliphatic heterocycles. The van der Waals surface area contributed by atoms with Gasteiger partial charge in [-0.15, -0.1) is 0 Å². The Morgan fingerprint density at radius 2 is 2.09 bits per heavy atom. The number of nitrogens with one attached hydrogen (secondary N) is 1. The molecule has 126 valence electrons. The van der Waals surface area contributed by atoms with Crippen molar-refractivity contribution in [3.63, 3.8) is 0 Å². The number of rotatable bonds is 5. The third kappa shape index (κ3) is 4.09. The molecule has 2 rings (SSSR count). The molecule has 23 heavy (non-hydrogen) atoms. The molecule has 9 heteroatoms. The molecule has 8 nitrogen and oxygen atoms in total. The Bertz CT molecular complexity index is 692. The summed E-state index contributed by atoms with van der Waals surface area (Å²) in [5, 5.41) is 12.5. The van der Waals surface area contributed by atoms with E-state index < -0.39 is 10.0 Å². The average Bonchev–Trinajstić information content (AvgIpc) is 2.86. The monoisotopic (exact) mass is 340 g/mol. The summed E-state index contributed by atoms with van der Waals surface area (Å²) in [5.41, 5.74) is 0.292. The van der Waals surface area contributed by atoms with E-state index in [1.165, 1.54) is 6.92 Å². The van der Waals surface area contributed by atoms with Crippen LogP contribution in [0.2, 0.25) is 0 Å². The Labute approximate surface area is 135 Å². The molecule has 0 spiro atoms. The molecule has 1 fully saturated rings. The van der Waals surface area contributed by atoms with E-state index in [0.29, 0.717) is 31.6 Å². The molecule has 0 saturated carbocycles. The van der Waals surface area contributed by atoms with E-state index in [0.717, 1.165) is 0 Å². The number of nitrogens with zero attached hydrogens (tertiary/aromatic N) is 3. The first-order valence-electron chi connectivity index (χ1n) is 7.45. The topological polar surface area (TPSA) is 116 Å². The highest BCUT2D eigenvalue weighted by Crippen LogP contribution is 2.19. The maximum absolute atomic E-state index is 12.2. The van der Waals surface area contributed by atoms with Crippen LogP contribution in [0.1, 0.15) is 30.7 Å². The second kappa shape index (κ2) is 7.10. The van der Waals surface area contributed by atoms with Gasteiger partial charge in [-0.2, -0.15) is 5.26 Å². The molecule has 1 aromatic heterocycles. The lowest BCUT2D eigenvalue weighted by atomic mass is 9.98. The second-order valence-corrected chi connectivity index (χ2v) is 7.29. The lowest BCUT2D eigenvalue weighted by molar-refractivity contribution is -0.132. The van der Waals surface area contributed by atoms with E-state index in [2.05, 4.69) is 15.9 Å². The van der Waals surface area contributed by atoms with E-state index in [1.54, 1.807) is 11.8 Å². The van der Waals surface area contributed by atoms with Gasteiger partial charge in [-0.1, -0.05) is 5.16 Å². The average molecular weight is 340 g/mol. The molecule has 0 bridgehead atoms. The van der Waals surface area contributed by atoms with E-state index in [4.69, 9.17) is 9.78 Å². The van der Waals surface area contributed by atoms with Crippen LogP contribution >= 0.6 is 0 Å². The number of sulfonamides is 1. The molecule has 0 radical (unpaired) electrons. The highest BCUT2D eigenvalue weighted by molar-refractivity contribution is 7.89. The third-order valence-electron chi connectivity index (χ3n) is 3.90. The molecule has 1 amide bonds. The zero-order valence-corrected chi connectivity index (χ0v) is 14.0. The van der Waals surface area contributed by atoms with E-state index in [1.807, 2.05) is 0 Å². The highest BCUT2D eigenvalue weighted by atomic mass is 32.2. The minimum atomic E-state index is -3.74. The van der Waals surface area contributed by atoms with Crippen LogP contribution in [0.4, 0.5) is 0 Å². The van der Waals surface area contributed by atoms with Crippen molar-refractivity contribution < 1.29 is 17.7 Å². The Balaban J connectivity index is 1.85. The fraction of sp³-hybridized carbons (Fsp3) is 0.643. The molecular formula is C14H20N4O4S. The number of carbonyl (C=O) groups is 1. The summed E-state index contributed by atoms with van der Waals surface area (Å²) in [5.74, 6) is 0.125. The largest absolute Gasteiger partial charge is 0.360 e. The third-order valence-corrected chi connectivity index (χ3v) is 5.60. The summed E-state index contributed by atoms with van der Waals surface area (Å²) in [6.45, 7) is 4.19. The van der Waals surface area contributed by atoms with Crippen LogP contribution in [-0.4, -0.2) is 44.0 Å². The lowest BCUT2D eigenvalue weighted by Gasteiger charge is -2.29. The van der Waals surface area contributed by atoms with Gasteiger partial charge in [0.15, 0.2) is 5.76 Å². The number of carbonyl (C=O) groups excluding carboxylic acids is 1. The highest BCUT2D eigenvalue weighted by Gasteiger charge is 2.25. The minimum Gasteiger partial charge on any atom is -0.360 e. The maximum Gasteiger partial charge on any atom is 0.245 e. The van der Waals surface area contributed by atoms with Gasteiger partial charge in [0.05, 0.1) is 6.07 Å². The number of nitriles is 1. The van der Waals surface area contributed by atoms with Crippen LogP contribution in [-0.2, 0) is 14.8 Å². The minimum absolute atomic E-state index is 0.0112. The van der Waals surface area contributed by atoms with Crippen LogP contribution in [0.3, 0.4) is 0 Å². The molecule has 1 saturated heterocycles. The smallest absolute Gasteiger partial charge is 0.245 e. The van der Waals surface area contributed by atoms with Gasteiger partial charge in [0, 0.05) is 32.0 Å². The second-order valence-electron chi connectivity index (χ2n) is 5.59. The van der Waals surface area contributed by atoms with Crippen molar-refractivity contribution in [1.29, 1.82) is 5.26 Å². The summed E-state index contributed by atoms with van der Waals surface area (Å²) in [4.78, 5) is 13.8. The summed E-state index contributed by atoms with van der Waals surface area (Å²) < 4.78 is 31.7. The first kappa shape index (κ1) is 17.4. The Morgan fingerprint density at radius 1 is 1.43 bits per heavy atom. The van der Waals surface area contributed by atoms with Gasteiger partial charge in [0.2, 0.25) is 15.9 Å². The Kier molecular flexibility index (Phi) is 5.38. The Morgan fingerprint density at radius 3 is 2.61 bits per heavy atom. The zero-order chi connectivity index (χ0) is 17.0. The normalized spacial score (nSPS) is 16.3. The summed E-state index contributed by atoms with van der Waals surface area (Å²) in [6.07, 6.45) is 1.43. The quantitative estimate of drug-likeness (QED) is 0.844. The number of piperidine rings is 1. The maximum atomic E-state index is 12.2. The van der Waals surface area contributed by atoms with Crippen molar-refractivity contribution in [2.45, 2.75) is 38.0 Å². The number of hydrogen-bond acceptors (Lipinski definition) is 6. The van der Waals surface area contributed by atoms with Gasteiger partial charge in [0.1, 0.15) is 10.6 Å². The van der Waals surface area contributed by atoms with Gasteiger partial charge in [-0.05, 0) is 26.7 Å². The standard InChI is InChI=1S/C14H20N4O4S/c1-10-14(11(2)22-17-10)23(20,21)16-6-3-13(19)18-7-4-12(9-15)5-8-18/h12,16H,3-8H2,1-2H3. The van der Waals surface area contributed by atoms with Gasteiger partial charge in [-0.3, -0.25) is 4.79 Å². The first-order valence-corrected chi connectivity index (χ1v) is 8.93. The molecule has 0 unspecified atom stereocenters. The van der Waals surface area contributed by atoms with Gasteiger partial charge in [-0.25, -0.2) is 13.1 Å². The van der Waals surface area contributed by atoms with Crippen molar-refractivity contribution >= 4 is 15.9 Å². The molecule has 0 aromatic carbocycles. The SMILES string of the molecule is Cc1noc(C)c1S(=O)(=O)NCCC(=O)N1CCC(C#N)CC1. The number of amides is 1. The molecule has 2 heterocycles. The number of aromatic nitrogens is 1. The van der Waals surface area contributed by atoms with Gasteiger partial charge in [0.25, 0.3) is 0 Å².